The lowest BCUT2D eigenvalue weighted by Crippen LogP contribution is -2.34. The summed E-state index contributed by atoms with van der Waals surface area (Å²) in [7, 11) is 0. The Hall–Kier alpha value is -2.07. The average molecular weight is 366 g/mol. The molecular weight excluding hydrogens is 334 g/mol. The summed E-state index contributed by atoms with van der Waals surface area (Å²) < 4.78 is 8.44. The second kappa shape index (κ2) is 8.75. The molecule has 27 heavy (non-hydrogen) atoms. The maximum Gasteiger partial charge on any atom is 0.241 e. The van der Waals surface area contributed by atoms with Gasteiger partial charge in [-0.15, -0.1) is 5.10 Å². The minimum atomic E-state index is 0.141. The molecule has 0 N–H and O–H groups in total. The van der Waals surface area contributed by atoms with Crippen molar-refractivity contribution < 1.29 is 4.74 Å². The van der Waals surface area contributed by atoms with E-state index >= 15 is 0 Å². The minimum absolute atomic E-state index is 0.141. The zero-order valence-electron chi connectivity index (χ0n) is 16.4. The monoisotopic (exact) mass is 365 g/mol. The van der Waals surface area contributed by atoms with E-state index in [0.717, 1.165) is 30.8 Å². The standard InChI is InChI=1S/C23H31N3O/c1-19(17-25-15-9-4-10-16-25)26-18-22(20-11-5-2-6-12-20)23(24-26)27-21-13-7-3-8-14-21/h2,5-7,11-13,18-19,21H,3-4,8-10,14-17H2,1H3. The van der Waals surface area contributed by atoms with Gasteiger partial charge >= 0.3 is 0 Å². The minimum Gasteiger partial charge on any atom is -0.469 e. The van der Waals surface area contributed by atoms with Gasteiger partial charge in [0.25, 0.3) is 0 Å². The van der Waals surface area contributed by atoms with Crippen LogP contribution in [0.25, 0.3) is 11.1 Å². The molecule has 4 nitrogen and oxygen atoms in total. The molecule has 4 rings (SSSR count). The Labute approximate surface area is 162 Å². The predicted octanol–water partition coefficient (Wildman–Crippen LogP) is 5.08. The van der Waals surface area contributed by atoms with Gasteiger partial charge in [0.1, 0.15) is 6.10 Å². The van der Waals surface area contributed by atoms with Crippen LogP contribution in [0.2, 0.25) is 0 Å². The Morgan fingerprint density at radius 2 is 1.93 bits per heavy atom. The summed E-state index contributed by atoms with van der Waals surface area (Å²) >= 11 is 0. The van der Waals surface area contributed by atoms with Crippen molar-refractivity contribution >= 4 is 0 Å². The molecule has 2 aliphatic rings. The van der Waals surface area contributed by atoms with Crippen molar-refractivity contribution in [2.24, 2.45) is 0 Å². The highest BCUT2D eigenvalue weighted by Crippen LogP contribution is 2.32. The molecule has 0 radical (unpaired) electrons. The Morgan fingerprint density at radius 3 is 2.67 bits per heavy atom. The van der Waals surface area contributed by atoms with Crippen LogP contribution in [-0.4, -0.2) is 40.4 Å². The fourth-order valence-corrected chi connectivity index (χ4v) is 4.13. The lowest BCUT2D eigenvalue weighted by molar-refractivity contribution is 0.191. The third-order valence-corrected chi connectivity index (χ3v) is 5.68. The first kappa shape index (κ1) is 18.3. The normalized spacial score (nSPS) is 21.9. The molecule has 1 aromatic heterocycles. The van der Waals surface area contributed by atoms with Gasteiger partial charge in [-0.2, -0.15) is 0 Å². The first-order valence-electron chi connectivity index (χ1n) is 10.5. The number of allylic oxidation sites excluding steroid dienone is 1. The smallest absolute Gasteiger partial charge is 0.241 e. The van der Waals surface area contributed by atoms with Crippen LogP contribution >= 0.6 is 0 Å². The molecular formula is C23H31N3O. The molecule has 0 bridgehead atoms. The second-order valence-corrected chi connectivity index (χ2v) is 7.92. The van der Waals surface area contributed by atoms with Crippen LogP contribution in [-0.2, 0) is 0 Å². The van der Waals surface area contributed by atoms with E-state index in [1.54, 1.807) is 0 Å². The number of ether oxygens (including phenoxy) is 1. The van der Waals surface area contributed by atoms with Gasteiger partial charge in [-0.3, -0.25) is 4.68 Å². The Bertz CT molecular complexity index is 746. The number of aromatic nitrogens is 2. The quantitative estimate of drug-likeness (QED) is 0.668. The summed E-state index contributed by atoms with van der Waals surface area (Å²) in [6.45, 7) is 5.75. The third-order valence-electron chi connectivity index (χ3n) is 5.68. The number of rotatable bonds is 6. The predicted molar refractivity (Wildman–Crippen MR) is 110 cm³/mol. The molecule has 2 heterocycles. The third kappa shape index (κ3) is 4.62. The fourth-order valence-electron chi connectivity index (χ4n) is 4.13. The molecule has 1 aliphatic heterocycles. The van der Waals surface area contributed by atoms with Gasteiger partial charge in [0.15, 0.2) is 0 Å². The highest BCUT2D eigenvalue weighted by Gasteiger charge is 2.21. The van der Waals surface area contributed by atoms with Gasteiger partial charge in [0, 0.05) is 12.7 Å². The number of likely N-dealkylation sites (tertiary alicyclic amines) is 1. The van der Waals surface area contributed by atoms with E-state index in [2.05, 4.69) is 65.2 Å². The molecule has 4 heteroatoms. The number of hydrogen-bond donors (Lipinski definition) is 0. The molecule has 1 aromatic carbocycles. The average Bonchev–Trinajstić information content (AvgIpc) is 3.14. The highest BCUT2D eigenvalue weighted by molar-refractivity contribution is 5.67. The van der Waals surface area contributed by atoms with Crippen molar-refractivity contribution in [3.8, 4) is 17.0 Å². The molecule has 1 saturated heterocycles. The van der Waals surface area contributed by atoms with Gasteiger partial charge in [-0.25, -0.2) is 0 Å². The van der Waals surface area contributed by atoms with Gasteiger partial charge in [-0.05, 0) is 63.8 Å². The van der Waals surface area contributed by atoms with Crippen LogP contribution in [0.15, 0.2) is 48.7 Å². The SMILES string of the molecule is CC(CN1CCCCC1)n1cc(-c2ccccc2)c(OC2C=CCCC2)n1. The molecule has 0 saturated carbocycles. The molecule has 2 unspecified atom stereocenters. The summed E-state index contributed by atoms with van der Waals surface area (Å²) in [6.07, 6.45) is 14.2. The highest BCUT2D eigenvalue weighted by atomic mass is 16.5. The number of benzene rings is 1. The number of nitrogens with zero attached hydrogens (tertiary/aromatic N) is 3. The zero-order valence-corrected chi connectivity index (χ0v) is 16.4. The molecule has 1 fully saturated rings. The van der Waals surface area contributed by atoms with Crippen LogP contribution in [0.1, 0.15) is 51.5 Å². The summed E-state index contributed by atoms with van der Waals surface area (Å²) in [6, 6.07) is 10.8. The van der Waals surface area contributed by atoms with Crippen LogP contribution < -0.4 is 4.74 Å². The van der Waals surface area contributed by atoms with Gasteiger partial charge in [-0.1, -0.05) is 42.8 Å². The Balaban J connectivity index is 1.56. The van der Waals surface area contributed by atoms with E-state index in [4.69, 9.17) is 9.84 Å². The largest absolute Gasteiger partial charge is 0.469 e. The Morgan fingerprint density at radius 1 is 1.11 bits per heavy atom. The van der Waals surface area contributed by atoms with Crippen molar-refractivity contribution in [3.05, 3.63) is 48.7 Å². The molecule has 2 atom stereocenters. The second-order valence-electron chi connectivity index (χ2n) is 7.92. The van der Waals surface area contributed by atoms with Crippen molar-refractivity contribution in [2.45, 2.75) is 57.6 Å². The van der Waals surface area contributed by atoms with E-state index < -0.39 is 0 Å². The lowest BCUT2D eigenvalue weighted by Gasteiger charge is -2.29. The summed E-state index contributed by atoms with van der Waals surface area (Å²) in [5.41, 5.74) is 2.27. The molecule has 2 aromatic rings. The molecule has 144 valence electrons. The van der Waals surface area contributed by atoms with Gasteiger partial charge in [0.2, 0.25) is 5.88 Å². The molecule has 0 amide bonds. The van der Waals surface area contributed by atoms with Crippen molar-refractivity contribution in [2.75, 3.05) is 19.6 Å². The lowest BCUT2D eigenvalue weighted by atomic mass is 10.1. The van der Waals surface area contributed by atoms with Gasteiger partial charge < -0.3 is 9.64 Å². The van der Waals surface area contributed by atoms with Crippen molar-refractivity contribution in [3.63, 3.8) is 0 Å². The number of piperidine rings is 1. The summed E-state index contributed by atoms with van der Waals surface area (Å²) in [4.78, 5) is 2.57. The summed E-state index contributed by atoms with van der Waals surface area (Å²) in [5, 5.41) is 4.88. The van der Waals surface area contributed by atoms with E-state index in [0.29, 0.717) is 6.04 Å². The van der Waals surface area contributed by atoms with E-state index in [1.807, 2.05) is 0 Å². The molecule has 0 spiro atoms. The first-order chi connectivity index (χ1) is 13.3. The number of hydrogen-bond acceptors (Lipinski definition) is 3. The fraction of sp³-hybridized carbons (Fsp3) is 0.522. The van der Waals surface area contributed by atoms with Crippen LogP contribution in [0, 0.1) is 0 Å². The van der Waals surface area contributed by atoms with Crippen LogP contribution in [0.4, 0.5) is 0 Å². The van der Waals surface area contributed by atoms with E-state index in [9.17, 15) is 0 Å². The molecule has 1 aliphatic carbocycles. The van der Waals surface area contributed by atoms with Crippen LogP contribution in [0.5, 0.6) is 5.88 Å². The van der Waals surface area contributed by atoms with Crippen LogP contribution in [0.3, 0.4) is 0 Å². The maximum atomic E-state index is 6.33. The maximum absolute atomic E-state index is 6.33. The van der Waals surface area contributed by atoms with E-state index in [1.165, 1.54) is 44.3 Å². The van der Waals surface area contributed by atoms with Crippen molar-refractivity contribution in [1.82, 2.24) is 14.7 Å². The van der Waals surface area contributed by atoms with Crippen molar-refractivity contribution in [1.29, 1.82) is 0 Å². The topological polar surface area (TPSA) is 30.3 Å². The first-order valence-corrected chi connectivity index (χ1v) is 10.5. The zero-order chi connectivity index (χ0) is 18.5. The Kier molecular flexibility index (Phi) is 5.93. The summed E-state index contributed by atoms with van der Waals surface area (Å²) in [5.74, 6) is 0.767. The van der Waals surface area contributed by atoms with E-state index in [-0.39, 0.29) is 6.10 Å². The van der Waals surface area contributed by atoms with Gasteiger partial charge in [0.05, 0.1) is 11.6 Å².